The first-order valence-electron chi connectivity index (χ1n) is 7.80. The largest absolute Gasteiger partial charge is 0.344 e. The summed E-state index contributed by atoms with van der Waals surface area (Å²) < 4.78 is 1.72. The van der Waals surface area contributed by atoms with Crippen molar-refractivity contribution in [2.24, 2.45) is 0 Å². The van der Waals surface area contributed by atoms with Crippen LogP contribution in [-0.4, -0.2) is 20.7 Å². The summed E-state index contributed by atoms with van der Waals surface area (Å²) in [5.41, 5.74) is 1.75. The molecule has 2 aromatic rings. The smallest absolute Gasteiger partial charge is 0.248 e. The van der Waals surface area contributed by atoms with E-state index in [1.54, 1.807) is 11.0 Å². The predicted octanol–water partition coefficient (Wildman–Crippen LogP) is 3.20. The fraction of sp³-hybridized carbons (Fsp3) is 0.353. The summed E-state index contributed by atoms with van der Waals surface area (Å²) in [6, 6.07) is 9.70. The van der Waals surface area contributed by atoms with Crippen molar-refractivity contribution in [1.29, 1.82) is 0 Å². The molecule has 1 aromatic heterocycles. The van der Waals surface area contributed by atoms with E-state index in [9.17, 15) is 4.79 Å². The maximum Gasteiger partial charge on any atom is 0.248 e. The quantitative estimate of drug-likeness (QED) is 0.915. The molecule has 0 radical (unpaired) electrons. The second-order valence-electron chi connectivity index (χ2n) is 5.64. The lowest BCUT2D eigenvalue weighted by atomic mass is 9.98. The van der Waals surface area contributed by atoms with E-state index >= 15 is 0 Å². The van der Waals surface area contributed by atoms with Crippen molar-refractivity contribution in [3.05, 3.63) is 59.2 Å². The minimum atomic E-state index is -0.177. The Morgan fingerprint density at radius 2 is 2.04 bits per heavy atom. The van der Waals surface area contributed by atoms with Crippen LogP contribution in [0.4, 0.5) is 0 Å². The van der Waals surface area contributed by atoms with Crippen LogP contribution in [-0.2, 0) is 11.3 Å². The number of rotatable bonds is 5. The van der Waals surface area contributed by atoms with Gasteiger partial charge in [0.15, 0.2) is 0 Å². The van der Waals surface area contributed by atoms with Gasteiger partial charge in [0.1, 0.15) is 12.7 Å². The highest BCUT2D eigenvalue weighted by Gasteiger charge is 2.22. The van der Waals surface area contributed by atoms with Gasteiger partial charge in [-0.05, 0) is 31.2 Å². The normalized spacial score (nSPS) is 16.2. The molecule has 0 saturated carbocycles. The van der Waals surface area contributed by atoms with E-state index in [1.165, 1.54) is 6.33 Å². The first-order valence-corrected chi connectivity index (χ1v) is 8.17. The Morgan fingerprint density at radius 3 is 2.74 bits per heavy atom. The van der Waals surface area contributed by atoms with Crippen LogP contribution in [0.3, 0.4) is 0 Å². The molecule has 1 amide bonds. The number of hydrogen-bond acceptors (Lipinski definition) is 3. The van der Waals surface area contributed by atoms with E-state index < -0.39 is 0 Å². The van der Waals surface area contributed by atoms with Crippen LogP contribution in [0.15, 0.2) is 53.6 Å². The number of nitrogens with one attached hydrogen (secondary N) is 1. The maximum atomic E-state index is 12.6. The van der Waals surface area contributed by atoms with Gasteiger partial charge in [0.2, 0.25) is 5.91 Å². The van der Waals surface area contributed by atoms with Gasteiger partial charge in [0, 0.05) is 10.6 Å². The van der Waals surface area contributed by atoms with Crippen molar-refractivity contribution in [3.8, 4) is 0 Å². The molecule has 1 N–H and O–H groups in total. The first-order chi connectivity index (χ1) is 11.2. The summed E-state index contributed by atoms with van der Waals surface area (Å²) in [6.07, 6.45) is 6.74. The van der Waals surface area contributed by atoms with Crippen LogP contribution in [0.1, 0.15) is 37.3 Å². The second kappa shape index (κ2) is 7.42. The molecule has 6 heteroatoms. The lowest BCUT2D eigenvalue weighted by Crippen LogP contribution is -2.33. The molecular formula is C17H19ClN4O. The van der Waals surface area contributed by atoms with Crippen molar-refractivity contribution < 1.29 is 4.79 Å². The fourth-order valence-corrected chi connectivity index (χ4v) is 3.10. The van der Waals surface area contributed by atoms with Gasteiger partial charge in [0.05, 0.1) is 12.6 Å². The summed E-state index contributed by atoms with van der Waals surface area (Å²) in [5, 5.41) is 7.93. The lowest BCUT2D eigenvalue weighted by molar-refractivity contribution is -0.118. The average molecular weight is 331 g/mol. The highest BCUT2D eigenvalue weighted by molar-refractivity contribution is 6.32. The van der Waals surface area contributed by atoms with E-state index in [2.05, 4.69) is 15.4 Å². The summed E-state index contributed by atoms with van der Waals surface area (Å²) in [5.74, 6) is -0.0799. The maximum absolute atomic E-state index is 12.6. The Kier molecular flexibility index (Phi) is 5.08. The van der Waals surface area contributed by atoms with Crippen LogP contribution in [0.25, 0.3) is 0 Å². The SMILES string of the molecule is O=C(N[C@@H](Cn1cncn1)c1ccccc1)C1=C(Cl)CCCC1. The van der Waals surface area contributed by atoms with Gasteiger partial charge in [-0.1, -0.05) is 41.9 Å². The molecule has 1 aliphatic rings. The van der Waals surface area contributed by atoms with Crippen molar-refractivity contribution in [2.75, 3.05) is 0 Å². The third-order valence-electron chi connectivity index (χ3n) is 4.02. The van der Waals surface area contributed by atoms with Crippen LogP contribution in [0, 0.1) is 0 Å². The molecule has 0 bridgehead atoms. The number of benzene rings is 1. The number of carbonyl (C=O) groups is 1. The molecule has 1 atom stereocenters. The van der Waals surface area contributed by atoms with Gasteiger partial charge in [-0.3, -0.25) is 9.48 Å². The highest BCUT2D eigenvalue weighted by Crippen LogP contribution is 2.28. The molecule has 5 nitrogen and oxygen atoms in total. The van der Waals surface area contributed by atoms with Gasteiger partial charge in [-0.2, -0.15) is 5.10 Å². The van der Waals surface area contributed by atoms with E-state index in [4.69, 9.17) is 11.6 Å². The van der Waals surface area contributed by atoms with Gasteiger partial charge < -0.3 is 5.32 Å². The zero-order chi connectivity index (χ0) is 16.1. The average Bonchev–Trinajstić information content (AvgIpc) is 3.08. The Bertz CT molecular complexity index is 682. The molecular weight excluding hydrogens is 312 g/mol. The van der Waals surface area contributed by atoms with Crippen LogP contribution in [0.5, 0.6) is 0 Å². The van der Waals surface area contributed by atoms with Crippen LogP contribution < -0.4 is 5.32 Å². The highest BCUT2D eigenvalue weighted by atomic mass is 35.5. The summed E-state index contributed by atoms with van der Waals surface area (Å²) in [4.78, 5) is 16.6. The molecule has 0 spiro atoms. The standard InChI is InChI=1S/C17H19ClN4O/c18-15-9-5-4-8-14(15)17(23)21-16(10-22-12-19-11-20-22)13-6-2-1-3-7-13/h1-3,6-7,11-12,16H,4-5,8-10H2,(H,21,23)/t16-/m0/s1. The Balaban J connectivity index is 1.79. The first kappa shape index (κ1) is 15.7. The fourth-order valence-electron chi connectivity index (χ4n) is 2.78. The molecule has 1 heterocycles. The van der Waals surface area contributed by atoms with Gasteiger partial charge >= 0.3 is 0 Å². The van der Waals surface area contributed by atoms with E-state index in [1.807, 2.05) is 30.3 Å². The number of carbonyl (C=O) groups excluding carboxylic acids is 1. The van der Waals surface area contributed by atoms with Gasteiger partial charge in [-0.25, -0.2) is 4.98 Å². The zero-order valence-corrected chi connectivity index (χ0v) is 13.5. The van der Waals surface area contributed by atoms with Crippen LogP contribution in [0.2, 0.25) is 0 Å². The zero-order valence-electron chi connectivity index (χ0n) is 12.8. The number of aromatic nitrogens is 3. The van der Waals surface area contributed by atoms with E-state index in [0.717, 1.165) is 36.8 Å². The predicted molar refractivity (Wildman–Crippen MR) is 88.7 cm³/mol. The molecule has 120 valence electrons. The molecule has 23 heavy (non-hydrogen) atoms. The number of amides is 1. The van der Waals surface area contributed by atoms with E-state index in [-0.39, 0.29) is 11.9 Å². The molecule has 0 aliphatic heterocycles. The topological polar surface area (TPSA) is 59.8 Å². The minimum Gasteiger partial charge on any atom is -0.344 e. The Labute approximate surface area is 140 Å². The number of allylic oxidation sites excluding steroid dienone is 1. The monoisotopic (exact) mass is 330 g/mol. The van der Waals surface area contributed by atoms with Crippen molar-refractivity contribution in [2.45, 2.75) is 38.3 Å². The number of hydrogen-bond donors (Lipinski definition) is 1. The third-order valence-corrected chi connectivity index (χ3v) is 4.44. The summed E-state index contributed by atoms with van der Waals surface area (Å²) >= 11 is 6.24. The molecule has 1 aliphatic carbocycles. The third kappa shape index (κ3) is 3.99. The lowest BCUT2D eigenvalue weighted by Gasteiger charge is -2.22. The second-order valence-corrected chi connectivity index (χ2v) is 6.10. The summed E-state index contributed by atoms with van der Waals surface area (Å²) in [6.45, 7) is 0.528. The minimum absolute atomic E-state index is 0.0799. The molecule has 0 fully saturated rings. The number of halogens is 1. The van der Waals surface area contributed by atoms with Gasteiger partial charge in [0.25, 0.3) is 0 Å². The molecule has 0 saturated heterocycles. The number of nitrogens with zero attached hydrogens (tertiary/aromatic N) is 3. The van der Waals surface area contributed by atoms with Gasteiger partial charge in [-0.15, -0.1) is 0 Å². The van der Waals surface area contributed by atoms with Crippen molar-refractivity contribution >= 4 is 17.5 Å². The molecule has 0 unspecified atom stereocenters. The molecule has 3 rings (SSSR count). The van der Waals surface area contributed by atoms with Crippen molar-refractivity contribution in [1.82, 2.24) is 20.1 Å². The Hall–Kier alpha value is -2.14. The van der Waals surface area contributed by atoms with Crippen molar-refractivity contribution in [3.63, 3.8) is 0 Å². The van der Waals surface area contributed by atoms with Crippen LogP contribution >= 0.6 is 11.6 Å². The molecule has 1 aromatic carbocycles. The van der Waals surface area contributed by atoms with E-state index in [0.29, 0.717) is 11.6 Å². The Morgan fingerprint density at radius 1 is 1.26 bits per heavy atom. The summed E-state index contributed by atoms with van der Waals surface area (Å²) in [7, 11) is 0.